The lowest BCUT2D eigenvalue weighted by Gasteiger charge is -2.21. The number of phenols is 1. The quantitative estimate of drug-likeness (QED) is 0.588. The molecule has 0 bridgehead atoms. The molecule has 1 fully saturated rings. The number of anilines is 1. The van der Waals surface area contributed by atoms with Crippen molar-refractivity contribution in [3.63, 3.8) is 0 Å². The second-order valence-corrected chi connectivity index (χ2v) is 6.00. The maximum Gasteiger partial charge on any atom is 0.226 e. The minimum absolute atomic E-state index is 0.0307. The third kappa shape index (κ3) is 5.71. The van der Waals surface area contributed by atoms with Crippen LogP contribution in [0.5, 0.6) is 5.75 Å². The van der Waals surface area contributed by atoms with E-state index in [0.29, 0.717) is 17.5 Å². The lowest BCUT2D eigenvalue weighted by atomic mass is 9.86. The molecule has 1 aromatic carbocycles. The van der Waals surface area contributed by atoms with Crippen LogP contribution in [0.1, 0.15) is 44.9 Å². The molecule has 0 saturated heterocycles. The minimum atomic E-state index is -0.0307. The first-order chi connectivity index (χ1) is 10.1. The molecule has 1 aliphatic carbocycles. The summed E-state index contributed by atoms with van der Waals surface area (Å²) in [5, 5.41) is 15.1. The second-order valence-electron chi connectivity index (χ2n) is 5.59. The number of nitrogens with one attached hydrogen (secondary N) is 2. The van der Waals surface area contributed by atoms with Crippen molar-refractivity contribution in [2.24, 2.45) is 5.92 Å². The molecule has 1 aliphatic rings. The molecule has 21 heavy (non-hydrogen) atoms. The minimum Gasteiger partial charge on any atom is -0.508 e. The molecule has 5 heteroatoms. The first-order valence-corrected chi connectivity index (χ1v) is 7.94. The van der Waals surface area contributed by atoms with E-state index in [1.165, 1.54) is 32.1 Å². The Balaban J connectivity index is 1.69. The molecule has 1 amide bonds. The molecular formula is C16H22N2O2S. The van der Waals surface area contributed by atoms with Gasteiger partial charge in [-0.1, -0.05) is 32.1 Å². The lowest BCUT2D eigenvalue weighted by molar-refractivity contribution is -0.120. The zero-order valence-corrected chi connectivity index (χ0v) is 12.9. The van der Waals surface area contributed by atoms with Gasteiger partial charge in [-0.2, -0.15) is 0 Å². The van der Waals surface area contributed by atoms with Crippen molar-refractivity contribution in [2.75, 3.05) is 5.32 Å². The summed E-state index contributed by atoms with van der Waals surface area (Å²) in [4.78, 5) is 11.9. The van der Waals surface area contributed by atoms with Gasteiger partial charge in [-0.25, -0.2) is 0 Å². The van der Waals surface area contributed by atoms with Crippen LogP contribution in [-0.2, 0) is 4.79 Å². The van der Waals surface area contributed by atoms with Crippen LogP contribution in [0.25, 0.3) is 0 Å². The van der Waals surface area contributed by atoms with Gasteiger partial charge in [0.1, 0.15) is 5.75 Å². The van der Waals surface area contributed by atoms with Crippen LogP contribution in [0, 0.1) is 5.92 Å². The van der Waals surface area contributed by atoms with E-state index in [2.05, 4.69) is 10.6 Å². The number of aromatic hydroxyl groups is 1. The summed E-state index contributed by atoms with van der Waals surface area (Å²) in [6, 6.07) is 6.54. The molecule has 1 saturated carbocycles. The summed E-state index contributed by atoms with van der Waals surface area (Å²) < 4.78 is 0. The van der Waals surface area contributed by atoms with E-state index in [0.717, 1.165) is 12.1 Å². The Morgan fingerprint density at radius 3 is 2.52 bits per heavy atom. The van der Waals surface area contributed by atoms with E-state index in [9.17, 15) is 9.90 Å². The molecule has 0 radical (unpaired) electrons. The summed E-state index contributed by atoms with van der Waals surface area (Å²) in [5.74, 6) is 0.864. The molecule has 0 atom stereocenters. The molecule has 3 N–H and O–H groups in total. The number of carbonyl (C=O) groups excluding carboxylic acids is 1. The van der Waals surface area contributed by atoms with Crippen LogP contribution in [0.4, 0.5) is 5.69 Å². The summed E-state index contributed by atoms with van der Waals surface area (Å²) in [7, 11) is 0. The maximum atomic E-state index is 11.9. The fourth-order valence-corrected chi connectivity index (χ4v) is 2.94. The molecule has 1 aromatic rings. The Morgan fingerprint density at radius 2 is 1.86 bits per heavy atom. The van der Waals surface area contributed by atoms with Crippen LogP contribution in [0.15, 0.2) is 24.3 Å². The monoisotopic (exact) mass is 306 g/mol. The fraction of sp³-hybridized carbons (Fsp3) is 0.500. The van der Waals surface area contributed by atoms with E-state index >= 15 is 0 Å². The van der Waals surface area contributed by atoms with Crippen molar-refractivity contribution in [1.29, 1.82) is 0 Å². The summed E-state index contributed by atoms with van der Waals surface area (Å²) in [5.41, 5.74) is 0.741. The number of amides is 1. The largest absolute Gasteiger partial charge is 0.508 e. The normalized spacial score (nSPS) is 15.4. The average molecular weight is 306 g/mol. The molecule has 0 unspecified atom stereocenters. The van der Waals surface area contributed by atoms with Gasteiger partial charge >= 0.3 is 0 Å². The molecule has 0 aromatic heterocycles. The van der Waals surface area contributed by atoms with Crippen molar-refractivity contribution >= 4 is 28.9 Å². The third-order valence-electron chi connectivity index (χ3n) is 3.88. The number of rotatable bonds is 4. The van der Waals surface area contributed by atoms with Crippen molar-refractivity contribution in [3.8, 4) is 5.75 Å². The summed E-state index contributed by atoms with van der Waals surface area (Å²) in [6.45, 7) is 0. The smallest absolute Gasteiger partial charge is 0.226 e. The van der Waals surface area contributed by atoms with E-state index in [-0.39, 0.29) is 11.7 Å². The Labute approximate surface area is 130 Å². The zero-order valence-electron chi connectivity index (χ0n) is 12.1. The average Bonchev–Trinajstić information content (AvgIpc) is 2.48. The summed E-state index contributed by atoms with van der Waals surface area (Å²) in [6.07, 6.45) is 7.92. The Morgan fingerprint density at radius 1 is 1.19 bits per heavy atom. The lowest BCUT2D eigenvalue weighted by Crippen LogP contribution is -2.34. The Bertz CT molecular complexity index is 482. The van der Waals surface area contributed by atoms with Crippen molar-refractivity contribution in [2.45, 2.75) is 44.9 Å². The third-order valence-corrected chi connectivity index (χ3v) is 4.09. The van der Waals surface area contributed by atoms with Gasteiger partial charge in [0.2, 0.25) is 5.91 Å². The van der Waals surface area contributed by atoms with Crippen LogP contribution >= 0.6 is 12.2 Å². The van der Waals surface area contributed by atoms with Gasteiger partial charge in [-0.05, 0) is 48.8 Å². The Kier molecular flexibility index (Phi) is 5.99. The van der Waals surface area contributed by atoms with Gasteiger partial charge < -0.3 is 15.7 Å². The molecule has 0 aliphatic heterocycles. The number of hydrogen-bond donors (Lipinski definition) is 3. The van der Waals surface area contributed by atoms with Crippen molar-refractivity contribution in [3.05, 3.63) is 24.3 Å². The summed E-state index contributed by atoms with van der Waals surface area (Å²) >= 11 is 5.11. The molecule has 0 heterocycles. The number of thiocarbonyl (C=S) groups is 1. The first kappa shape index (κ1) is 15.8. The van der Waals surface area contributed by atoms with E-state index in [1.54, 1.807) is 24.3 Å². The molecular weight excluding hydrogens is 284 g/mol. The van der Waals surface area contributed by atoms with Gasteiger partial charge in [-0.3, -0.25) is 4.79 Å². The van der Waals surface area contributed by atoms with Gasteiger partial charge in [0.25, 0.3) is 0 Å². The molecule has 0 spiro atoms. The standard InChI is InChI=1S/C16H22N2O2S/c19-14-9-7-13(8-10-14)17-16(21)18-15(20)11-6-12-4-2-1-3-5-12/h7-10,12,19H,1-6,11H2,(H2,17,18,20,21). The van der Waals surface area contributed by atoms with Gasteiger partial charge in [0.05, 0.1) is 0 Å². The predicted octanol–water partition coefficient (Wildman–Crippen LogP) is 3.57. The van der Waals surface area contributed by atoms with Gasteiger partial charge in [-0.15, -0.1) is 0 Å². The first-order valence-electron chi connectivity index (χ1n) is 7.53. The predicted molar refractivity (Wildman–Crippen MR) is 88.3 cm³/mol. The highest BCUT2D eigenvalue weighted by Crippen LogP contribution is 2.27. The number of carbonyl (C=O) groups is 1. The highest BCUT2D eigenvalue weighted by atomic mass is 32.1. The fourth-order valence-electron chi connectivity index (χ4n) is 2.71. The molecule has 4 nitrogen and oxygen atoms in total. The van der Waals surface area contributed by atoms with E-state index in [4.69, 9.17) is 12.2 Å². The number of phenolic OH excluding ortho intramolecular Hbond substituents is 1. The van der Waals surface area contributed by atoms with E-state index < -0.39 is 0 Å². The van der Waals surface area contributed by atoms with Crippen LogP contribution < -0.4 is 10.6 Å². The van der Waals surface area contributed by atoms with Crippen molar-refractivity contribution < 1.29 is 9.90 Å². The molecule has 114 valence electrons. The maximum absolute atomic E-state index is 11.9. The molecule has 2 rings (SSSR count). The van der Waals surface area contributed by atoms with Crippen molar-refractivity contribution in [1.82, 2.24) is 5.32 Å². The highest BCUT2D eigenvalue weighted by molar-refractivity contribution is 7.80. The number of hydrogen-bond acceptors (Lipinski definition) is 3. The van der Waals surface area contributed by atoms with Gasteiger partial charge in [0, 0.05) is 12.1 Å². The second kappa shape index (κ2) is 7.98. The number of benzene rings is 1. The van der Waals surface area contributed by atoms with E-state index in [1.807, 2.05) is 0 Å². The Hall–Kier alpha value is -1.62. The highest BCUT2D eigenvalue weighted by Gasteiger charge is 2.15. The van der Waals surface area contributed by atoms with Gasteiger partial charge in [0.15, 0.2) is 5.11 Å². The van der Waals surface area contributed by atoms with Crippen LogP contribution in [0.3, 0.4) is 0 Å². The zero-order chi connectivity index (χ0) is 15.1. The topological polar surface area (TPSA) is 61.4 Å². The van der Waals surface area contributed by atoms with Crippen LogP contribution in [-0.4, -0.2) is 16.1 Å². The SMILES string of the molecule is O=C(CCC1CCCCC1)NC(=S)Nc1ccc(O)cc1. The van der Waals surface area contributed by atoms with Crippen LogP contribution in [0.2, 0.25) is 0 Å².